The number of carbonyl (C=O) groups excluding carboxylic acids is 3. The van der Waals surface area contributed by atoms with Crippen molar-refractivity contribution < 1.29 is 19.1 Å². The third-order valence-corrected chi connectivity index (χ3v) is 3.29. The predicted octanol–water partition coefficient (Wildman–Crippen LogP) is -0.194. The molecule has 0 bridgehead atoms. The highest BCUT2D eigenvalue weighted by atomic mass is 16.5. The molecular weight excluding hydrogens is 262 g/mol. The van der Waals surface area contributed by atoms with E-state index in [0.29, 0.717) is 6.42 Å². The lowest BCUT2D eigenvalue weighted by atomic mass is 9.90. The summed E-state index contributed by atoms with van der Waals surface area (Å²) in [5.74, 6) is -0.246. The van der Waals surface area contributed by atoms with Crippen LogP contribution in [0, 0.1) is 5.92 Å². The van der Waals surface area contributed by atoms with E-state index in [0.717, 1.165) is 12.5 Å². The van der Waals surface area contributed by atoms with Crippen molar-refractivity contribution in [2.45, 2.75) is 24.9 Å². The van der Waals surface area contributed by atoms with E-state index in [1.54, 1.807) is 0 Å². The second-order valence-corrected chi connectivity index (χ2v) is 4.77. The van der Waals surface area contributed by atoms with Crippen LogP contribution in [0.1, 0.15) is 12.8 Å². The Morgan fingerprint density at radius 2 is 2.20 bits per heavy atom. The Bertz CT molecular complexity index is 464. The summed E-state index contributed by atoms with van der Waals surface area (Å²) in [6.07, 6.45) is 7.44. The number of nitrogens with one attached hydrogen (secondary N) is 3. The van der Waals surface area contributed by atoms with Crippen LogP contribution >= 0.6 is 0 Å². The van der Waals surface area contributed by atoms with Crippen LogP contribution in [0.15, 0.2) is 24.5 Å². The van der Waals surface area contributed by atoms with Crippen molar-refractivity contribution >= 4 is 17.8 Å². The van der Waals surface area contributed by atoms with Crippen LogP contribution in [0.5, 0.6) is 0 Å². The summed E-state index contributed by atoms with van der Waals surface area (Å²) in [7, 11) is 1.41. The van der Waals surface area contributed by atoms with Gasteiger partial charge < -0.3 is 15.4 Å². The van der Waals surface area contributed by atoms with Gasteiger partial charge in [-0.1, -0.05) is 12.2 Å². The van der Waals surface area contributed by atoms with Crippen molar-refractivity contribution in [2.24, 2.45) is 5.92 Å². The van der Waals surface area contributed by atoms with Crippen LogP contribution in [0.2, 0.25) is 0 Å². The summed E-state index contributed by atoms with van der Waals surface area (Å²) in [4.78, 5) is 33.7. The van der Waals surface area contributed by atoms with Crippen LogP contribution in [-0.4, -0.2) is 37.0 Å². The third-order valence-electron chi connectivity index (χ3n) is 3.29. The van der Waals surface area contributed by atoms with E-state index in [-0.39, 0.29) is 23.9 Å². The quantitative estimate of drug-likeness (QED) is 0.287. The summed E-state index contributed by atoms with van der Waals surface area (Å²) in [5.41, 5.74) is 0. The number of β-lactam (4-membered cyclic amide) rings is 1. The van der Waals surface area contributed by atoms with Gasteiger partial charge in [0.05, 0.1) is 13.4 Å². The minimum atomic E-state index is -0.552. The van der Waals surface area contributed by atoms with Crippen molar-refractivity contribution in [3.8, 4) is 0 Å². The lowest BCUT2D eigenvalue weighted by Crippen LogP contribution is -2.52. The number of hydrogen-bond donors (Lipinski definition) is 3. The van der Waals surface area contributed by atoms with Gasteiger partial charge in [0.15, 0.2) is 0 Å². The monoisotopic (exact) mass is 279 g/mol. The topological polar surface area (TPSA) is 96.5 Å². The van der Waals surface area contributed by atoms with Gasteiger partial charge in [-0.25, -0.2) is 4.79 Å². The fraction of sp³-hybridized carbons (Fsp3) is 0.462. The molecule has 4 amide bonds. The molecule has 0 aromatic rings. The van der Waals surface area contributed by atoms with E-state index in [9.17, 15) is 14.4 Å². The molecule has 7 nitrogen and oxygen atoms in total. The molecule has 1 aliphatic carbocycles. The second kappa shape index (κ2) is 6.23. The van der Waals surface area contributed by atoms with E-state index >= 15 is 0 Å². The number of hydrogen-bond acceptors (Lipinski definition) is 4. The van der Waals surface area contributed by atoms with Gasteiger partial charge in [-0.05, 0) is 12.3 Å². The molecule has 108 valence electrons. The normalized spacial score (nSPS) is 27.9. The Morgan fingerprint density at radius 1 is 1.45 bits per heavy atom. The largest absolute Gasteiger partial charge is 0.504 e. The fourth-order valence-electron chi connectivity index (χ4n) is 2.26. The standard InChI is InChI=1S/C13H17N3O4/c1-20-5-4-11(17)16-13(19)14-9-3-2-8(6-9)10-7-12(18)15-10/h2-5,8-10H,6-7H2,1H3,(H,15,18)(H2,14,16,17,19)/b5-4+/t8-,9+,10+/m1/s1. The van der Waals surface area contributed by atoms with E-state index in [1.807, 2.05) is 12.2 Å². The van der Waals surface area contributed by atoms with Crippen LogP contribution in [0.25, 0.3) is 0 Å². The summed E-state index contributed by atoms with van der Waals surface area (Å²) in [6.45, 7) is 0. The molecule has 1 saturated heterocycles. The zero-order valence-electron chi connectivity index (χ0n) is 11.1. The Hall–Kier alpha value is -2.31. The Kier molecular flexibility index (Phi) is 4.39. The number of urea groups is 1. The average molecular weight is 279 g/mol. The maximum atomic E-state index is 11.6. The smallest absolute Gasteiger partial charge is 0.322 e. The van der Waals surface area contributed by atoms with E-state index in [2.05, 4.69) is 20.7 Å². The molecule has 20 heavy (non-hydrogen) atoms. The molecule has 1 fully saturated rings. The highest BCUT2D eigenvalue weighted by Crippen LogP contribution is 2.26. The molecule has 0 unspecified atom stereocenters. The molecular formula is C13H17N3O4. The molecule has 2 rings (SSSR count). The first kappa shape index (κ1) is 14.1. The highest BCUT2D eigenvalue weighted by Gasteiger charge is 2.35. The highest BCUT2D eigenvalue weighted by molar-refractivity contribution is 6.00. The van der Waals surface area contributed by atoms with Crippen molar-refractivity contribution in [1.29, 1.82) is 0 Å². The molecule has 1 heterocycles. The SMILES string of the molecule is CO/C=C/C(=O)NC(=O)N[C@H]1C=C[C@@H]([C@@H]2CC(=O)N2)C1. The molecule has 0 aromatic heterocycles. The first-order valence-corrected chi connectivity index (χ1v) is 6.37. The van der Waals surface area contributed by atoms with Gasteiger partial charge in [-0.15, -0.1) is 0 Å². The molecule has 3 N–H and O–H groups in total. The van der Waals surface area contributed by atoms with Crippen LogP contribution in [-0.2, 0) is 14.3 Å². The summed E-state index contributed by atoms with van der Waals surface area (Å²) in [5, 5.41) is 7.66. The molecule has 0 spiro atoms. The molecule has 1 aliphatic heterocycles. The van der Waals surface area contributed by atoms with Crippen molar-refractivity contribution in [2.75, 3.05) is 7.11 Å². The molecule has 0 radical (unpaired) electrons. The second-order valence-electron chi connectivity index (χ2n) is 4.77. The molecule has 2 aliphatic rings. The summed E-state index contributed by atoms with van der Waals surface area (Å²) in [6, 6.07) is -0.514. The number of amides is 4. The third kappa shape index (κ3) is 3.59. The Labute approximate surface area is 116 Å². The Balaban J connectivity index is 1.71. The van der Waals surface area contributed by atoms with Crippen LogP contribution in [0.3, 0.4) is 0 Å². The maximum absolute atomic E-state index is 11.6. The zero-order valence-corrected chi connectivity index (χ0v) is 11.1. The number of rotatable bonds is 4. The molecule has 0 saturated carbocycles. The van der Waals surface area contributed by atoms with Gasteiger partial charge in [0.2, 0.25) is 5.91 Å². The number of carbonyl (C=O) groups is 3. The predicted molar refractivity (Wildman–Crippen MR) is 70.4 cm³/mol. The lowest BCUT2D eigenvalue weighted by molar-refractivity contribution is -0.129. The molecule has 7 heteroatoms. The first-order chi connectivity index (χ1) is 9.58. The van der Waals surface area contributed by atoms with E-state index in [4.69, 9.17) is 0 Å². The zero-order chi connectivity index (χ0) is 14.5. The van der Waals surface area contributed by atoms with E-state index < -0.39 is 11.9 Å². The molecule has 3 atom stereocenters. The first-order valence-electron chi connectivity index (χ1n) is 6.37. The van der Waals surface area contributed by atoms with Gasteiger partial charge in [0.25, 0.3) is 5.91 Å². The van der Waals surface area contributed by atoms with Crippen molar-refractivity contribution in [1.82, 2.24) is 16.0 Å². The fourth-order valence-corrected chi connectivity index (χ4v) is 2.26. The van der Waals surface area contributed by atoms with Gasteiger partial charge in [-0.3, -0.25) is 14.9 Å². The van der Waals surface area contributed by atoms with Crippen molar-refractivity contribution in [3.05, 3.63) is 24.5 Å². The summed E-state index contributed by atoms with van der Waals surface area (Å²) < 4.78 is 4.58. The minimum Gasteiger partial charge on any atom is -0.504 e. The number of methoxy groups -OCH3 is 1. The number of imide groups is 1. The van der Waals surface area contributed by atoms with Crippen LogP contribution in [0.4, 0.5) is 4.79 Å². The molecule has 0 aromatic carbocycles. The minimum absolute atomic E-state index is 0.0630. The van der Waals surface area contributed by atoms with Gasteiger partial charge in [0.1, 0.15) is 0 Å². The summed E-state index contributed by atoms with van der Waals surface area (Å²) >= 11 is 0. The maximum Gasteiger partial charge on any atom is 0.322 e. The lowest BCUT2D eigenvalue weighted by Gasteiger charge is -2.31. The van der Waals surface area contributed by atoms with E-state index in [1.165, 1.54) is 13.4 Å². The van der Waals surface area contributed by atoms with Gasteiger partial charge in [-0.2, -0.15) is 0 Å². The van der Waals surface area contributed by atoms with Gasteiger partial charge >= 0.3 is 6.03 Å². The van der Waals surface area contributed by atoms with Gasteiger partial charge in [0, 0.05) is 24.6 Å². The van der Waals surface area contributed by atoms with Crippen LogP contribution < -0.4 is 16.0 Å². The van der Waals surface area contributed by atoms with Crippen molar-refractivity contribution in [3.63, 3.8) is 0 Å². The Morgan fingerprint density at radius 3 is 2.85 bits per heavy atom. The average Bonchev–Trinajstić information content (AvgIpc) is 2.80. The number of ether oxygens (including phenoxy) is 1.